The van der Waals surface area contributed by atoms with Crippen molar-refractivity contribution in [1.82, 2.24) is 4.98 Å². The molecule has 0 aliphatic rings. The number of pyridine rings is 1. The van der Waals surface area contributed by atoms with Gasteiger partial charge in [-0.1, -0.05) is 6.07 Å². The van der Waals surface area contributed by atoms with Crippen molar-refractivity contribution in [2.45, 2.75) is 4.90 Å². The van der Waals surface area contributed by atoms with Gasteiger partial charge in [0.05, 0.1) is 18.5 Å². The van der Waals surface area contributed by atoms with Crippen LogP contribution in [0.25, 0.3) is 0 Å². The second-order valence-electron chi connectivity index (χ2n) is 4.19. The van der Waals surface area contributed by atoms with E-state index in [0.717, 1.165) is 4.31 Å². The molecule has 2 aromatic rings. The first-order chi connectivity index (χ1) is 10.0. The molecule has 0 saturated heterocycles. The topological polar surface area (TPSA) is 97.5 Å². The highest BCUT2D eigenvalue weighted by Gasteiger charge is 2.24. The number of hydrogen-bond donors (Lipinski definition) is 2. The lowest BCUT2D eigenvalue weighted by atomic mass is 10.3. The second-order valence-corrected chi connectivity index (χ2v) is 6.13. The molecule has 21 heavy (non-hydrogen) atoms. The summed E-state index contributed by atoms with van der Waals surface area (Å²) in [6.45, 7) is 0. The van der Waals surface area contributed by atoms with Crippen LogP contribution >= 0.6 is 0 Å². The van der Waals surface area contributed by atoms with Crippen molar-refractivity contribution in [3.8, 4) is 5.75 Å². The average molecular weight is 308 g/mol. The zero-order chi connectivity index (χ0) is 15.5. The van der Waals surface area contributed by atoms with Gasteiger partial charge in [0.15, 0.2) is 0 Å². The van der Waals surface area contributed by atoms with Crippen LogP contribution in [0.4, 0.5) is 11.4 Å². The number of anilines is 2. The summed E-state index contributed by atoms with van der Waals surface area (Å²) in [6, 6.07) is 8.24. The minimum absolute atomic E-state index is 0.00202. The zero-order valence-corrected chi connectivity index (χ0v) is 12.5. The van der Waals surface area contributed by atoms with E-state index in [0.29, 0.717) is 11.4 Å². The SMILES string of the molecule is COc1cccc(N(C)S(=O)(=O)c2cnccc2NN)c1. The number of benzene rings is 1. The summed E-state index contributed by atoms with van der Waals surface area (Å²) in [5.41, 5.74) is 3.11. The second kappa shape index (κ2) is 5.98. The number of methoxy groups -OCH3 is 1. The number of ether oxygens (including phenoxy) is 1. The van der Waals surface area contributed by atoms with E-state index in [4.69, 9.17) is 10.6 Å². The maximum absolute atomic E-state index is 12.7. The molecule has 0 saturated carbocycles. The molecule has 1 aromatic heterocycles. The highest BCUT2D eigenvalue weighted by Crippen LogP contribution is 2.28. The van der Waals surface area contributed by atoms with Gasteiger partial charge in [-0.25, -0.2) is 8.42 Å². The quantitative estimate of drug-likeness (QED) is 0.636. The molecular formula is C13H16N4O3S. The first-order valence-electron chi connectivity index (χ1n) is 6.04. The highest BCUT2D eigenvalue weighted by molar-refractivity contribution is 7.93. The number of aromatic nitrogens is 1. The van der Waals surface area contributed by atoms with E-state index in [9.17, 15) is 8.42 Å². The maximum Gasteiger partial charge on any atom is 0.267 e. The summed E-state index contributed by atoms with van der Waals surface area (Å²) in [7, 11) is -0.812. The zero-order valence-electron chi connectivity index (χ0n) is 11.6. The maximum atomic E-state index is 12.7. The fourth-order valence-corrected chi connectivity index (χ4v) is 3.08. The van der Waals surface area contributed by atoms with Crippen molar-refractivity contribution in [1.29, 1.82) is 0 Å². The minimum Gasteiger partial charge on any atom is -0.497 e. The summed E-state index contributed by atoms with van der Waals surface area (Å²) in [5, 5.41) is 0. The molecule has 7 nitrogen and oxygen atoms in total. The third kappa shape index (κ3) is 2.91. The number of hydrogen-bond acceptors (Lipinski definition) is 6. The molecular weight excluding hydrogens is 292 g/mol. The van der Waals surface area contributed by atoms with Crippen molar-refractivity contribution in [3.63, 3.8) is 0 Å². The Morgan fingerprint density at radius 3 is 2.76 bits per heavy atom. The van der Waals surface area contributed by atoms with Crippen molar-refractivity contribution >= 4 is 21.4 Å². The van der Waals surface area contributed by atoms with Gasteiger partial charge in [0, 0.05) is 25.5 Å². The fraction of sp³-hybridized carbons (Fsp3) is 0.154. The largest absolute Gasteiger partial charge is 0.497 e. The Morgan fingerprint density at radius 2 is 2.10 bits per heavy atom. The highest BCUT2D eigenvalue weighted by atomic mass is 32.2. The molecule has 0 fully saturated rings. The van der Waals surface area contributed by atoms with E-state index >= 15 is 0 Å². The van der Waals surface area contributed by atoms with Crippen LogP contribution in [0, 0.1) is 0 Å². The van der Waals surface area contributed by atoms with Gasteiger partial charge in [-0.15, -0.1) is 0 Å². The van der Waals surface area contributed by atoms with Crippen molar-refractivity contribution < 1.29 is 13.2 Å². The summed E-state index contributed by atoms with van der Waals surface area (Å²) in [5.74, 6) is 5.92. The lowest BCUT2D eigenvalue weighted by Crippen LogP contribution is -2.28. The minimum atomic E-state index is -3.79. The number of rotatable bonds is 5. The van der Waals surface area contributed by atoms with Crippen LogP contribution in [0.1, 0.15) is 0 Å². The molecule has 0 atom stereocenters. The van der Waals surface area contributed by atoms with Crippen molar-refractivity contribution in [2.75, 3.05) is 23.9 Å². The van der Waals surface area contributed by atoms with Crippen LogP contribution in [-0.2, 0) is 10.0 Å². The molecule has 0 unspecified atom stereocenters. The molecule has 1 heterocycles. The summed E-state index contributed by atoms with van der Waals surface area (Å²) in [6.07, 6.45) is 2.71. The van der Waals surface area contributed by atoms with Gasteiger partial charge in [0.25, 0.3) is 10.0 Å². The number of nitrogens with zero attached hydrogens (tertiary/aromatic N) is 2. The third-order valence-corrected chi connectivity index (χ3v) is 4.81. The molecule has 1 aromatic carbocycles. The number of hydrazine groups is 1. The number of nitrogen functional groups attached to an aromatic ring is 1. The predicted octanol–water partition coefficient (Wildman–Crippen LogP) is 1.20. The fourth-order valence-electron chi connectivity index (χ4n) is 1.80. The monoisotopic (exact) mass is 308 g/mol. The molecule has 2 rings (SSSR count). The van der Waals surface area contributed by atoms with E-state index in [1.54, 1.807) is 24.3 Å². The normalized spacial score (nSPS) is 11.0. The molecule has 0 aliphatic carbocycles. The predicted molar refractivity (Wildman–Crippen MR) is 80.6 cm³/mol. The van der Waals surface area contributed by atoms with Gasteiger partial charge >= 0.3 is 0 Å². The Hall–Kier alpha value is -2.32. The number of nitrogens with one attached hydrogen (secondary N) is 1. The first-order valence-corrected chi connectivity index (χ1v) is 7.48. The number of nitrogens with two attached hydrogens (primary N) is 1. The average Bonchev–Trinajstić information content (AvgIpc) is 2.54. The van der Waals surface area contributed by atoms with Crippen LogP contribution in [0.2, 0.25) is 0 Å². The van der Waals surface area contributed by atoms with Crippen LogP contribution in [0.15, 0.2) is 47.6 Å². The summed E-state index contributed by atoms with van der Waals surface area (Å²) < 4.78 is 31.6. The van der Waals surface area contributed by atoms with Gasteiger partial charge in [0.1, 0.15) is 10.6 Å². The van der Waals surface area contributed by atoms with E-state index < -0.39 is 10.0 Å². The van der Waals surface area contributed by atoms with Crippen LogP contribution in [0.3, 0.4) is 0 Å². The Bertz CT molecular complexity index is 734. The molecule has 0 aliphatic heterocycles. The molecule has 0 bridgehead atoms. The molecule has 0 spiro atoms. The van der Waals surface area contributed by atoms with E-state index in [2.05, 4.69) is 10.4 Å². The van der Waals surface area contributed by atoms with E-state index in [-0.39, 0.29) is 10.6 Å². The van der Waals surface area contributed by atoms with Gasteiger partial charge < -0.3 is 10.2 Å². The van der Waals surface area contributed by atoms with Crippen molar-refractivity contribution in [2.24, 2.45) is 5.84 Å². The summed E-state index contributed by atoms with van der Waals surface area (Å²) >= 11 is 0. The molecule has 3 N–H and O–H groups in total. The molecule has 0 amide bonds. The Labute approximate surface area is 123 Å². The van der Waals surface area contributed by atoms with E-state index in [1.807, 2.05) is 0 Å². The Morgan fingerprint density at radius 1 is 1.33 bits per heavy atom. The van der Waals surface area contributed by atoms with Gasteiger partial charge in [-0.2, -0.15) is 0 Å². The standard InChI is InChI=1S/C13H16N4O3S/c1-17(10-4-3-5-11(8-10)20-2)21(18,19)13-9-15-7-6-12(13)16-14/h3-9H,14H2,1-2H3,(H,15,16). The lowest BCUT2D eigenvalue weighted by molar-refractivity contribution is 0.415. The molecule has 8 heteroatoms. The van der Waals surface area contributed by atoms with Crippen LogP contribution in [0.5, 0.6) is 5.75 Å². The first kappa shape index (κ1) is 15.1. The van der Waals surface area contributed by atoms with Crippen LogP contribution in [-0.4, -0.2) is 27.6 Å². The smallest absolute Gasteiger partial charge is 0.267 e. The lowest BCUT2D eigenvalue weighted by Gasteiger charge is -2.21. The Balaban J connectivity index is 2.47. The van der Waals surface area contributed by atoms with Gasteiger partial charge in [0.2, 0.25) is 0 Å². The van der Waals surface area contributed by atoms with Gasteiger partial charge in [-0.3, -0.25) is 15.1 Å². The number of sulfonamides is 1. The third-order valence-electron chi connectivity index (χ3n) is 3.00. The van der Waals surface area contributed by atoms with Gasteiger partial charge in [-0.05, 0) is 18.2 Å². The molecule has 112 valence electrons. The van der Waals surface area contributed by atoms with E-state index in [1.165, 1.54) is 32.6 Å². The van der Waals surface area contributed by atoms with Crippen molar-refractivity contribution in [3.05, 3.63) is 42.7 Å². The summed E-state index contributed by atoms with van der Waals surface area (Å²) in [4.78, 5) is 3.84. The Kier molecular flexibility index (Phi) is 4.29. The molecule has 0 radical (unpaired) electrons. The van der Waals surface area contributed by atoms with Crippen LogP contribution < -0.4 is 20.3 Å².